The number of hydrogen-bond donors (Lipinski definition) is 0. The summed E-state index contributed by atoms with van der Waals surface area (Å²) in [5, 5.41) is 0. The number of carbonyl (C=O) groups excluding carboxylic acids is 1. The van der Waals surface area contributed by atoms with Crippen molar-refractivity contribution in [3.05, 3.63) is 47.5 Å². The highest BCUT2D eigenvalue weighted by atomic mass is 16.6. The predicted molar refractivity (Wildman–Crippen MR) is 83.6 cm³/mol. The zero-order valence-electron chi connectivity index (χ0n) is 13.1. The van der Waals surface area contributed by atoms with Crippen molar-refractivity contribution in [1.29, 1.82) is 0 Å². The molecule has 0 amide bonds. The highest BCUT2D eigenvalue weighted by Crippen LogP contribution is 2.12. The Bertz CT molecular complexity index is 438. The first-order valence-electron chi connectivity index (χ1n) is 7.31. The Labute approximate surface area is 122 Å². The van der Waals surface area contributed by atoms with E-state index in [1.54, 1.807) is 6.08 Å². The molecule has 0 N–H and O–H groups in total. The second kappa shape index (κ2) is 7.88. The SMILES string of the molecule is C/C(=C\C(=O)OC(C)(C)C)CCCCc1ccccc1. The van der Waals surface area contributed by atoms with E-state index < -0.39 is 5.60 Å². The maximum absolute atomic E-state index is 11.6. The molecule has 0 unspecified atom stereocenters. The first-order valence-corrected chi connectivity index (χ1v) is 7.31. The van der Waals surface area contributed by atoms with E-state index in [-0.39, 0.29) is 5.97 Å². The van der Waals surface area contributed by atoms with Gasteiger partial charge in [0.25, 0.3) is 0 Å². The van der Waals surface area contributed by atoms with Crippen LogP contribution in [0.2, 0.25) is 0 Å². The molecule has 0 bridgehead atoms. The number of unbranched alkanes of at least 4 members (excludes halogenated alkanes) is 1. The molecule has 0 atom stereocenters. The van der Waals surface area contributed by atoms with Crippen LogP contribution >= 0.6 is 0 Å². The number of esters is 1. The second-order valence-corrected chi connectivity index (χ2v) is 6.22. The van der Waals surface area contributed by atoms with Gasteiger partial charge in [-0.2, -0.15) is 0 Å². The van der Waals surface area contributed by atoms with Gasteiger partial charge in [-0.1, -0.05) is 35.9 Å². The number of ether oxygens (including phenoxy) is 1. The number of rotatable bonds is 6. The van der Waals surface area contributed by atoms with E-state index >= 15 is 0 Å². The molecule has 2 nitrogen and oxygen atoms in total. The number of hydrogen-bond acceptors (Lipinski definition) is 2. The Morgan fingerprint density at radius 3 is 2.40 bits per heavy atom. The van der Waals surface area contributed by atoms with Gasteiger partial charge in [-0.3, -0.25) is 0 Å². The highest BCUT2D eigenvalue weighted by Gasteiger charge is 2.14. The number of carbonyl (C=O) groups is 1. The van der Waals surface area contributed by atoms with Crippen LogP contribution in [0.15, 0.2) is 42.0 Å². The van der Waals surface area contributed by atoms with Gasteiger partial charge >= 0.3 is 5.97 Å². The lowest BCUT2D eigenvalue weighted by Gasteiger charge is -2.18. The number of benzene rings is 1. The maximum Gasteiger partial charge on any atom is 0.331 e. The van der Waals surface area contributed by atoms with Crippen LogP contribution in [-0.4, -0.2) is 11.6 Å². The van der Waals surface area contributed by atoms with Crippen LogP contribution in [-0.2, 0) is 16.0 Å². The highest BCUT2D eigenvalue weighted by molar-refractivity contribution is 5.83. The molecule has 0 saturated heterocycles. The lowest BCUT2D eigenvalue weighted by molar-refractivity contribution is -0.148. The van der Waals surface area contributed by atoms with E-state index in [9.17, 15) is 4.79 Å². The van der Waals surface area contributed by atoms with Crippen LogP contribution in [0.4, 0.5) is 0 Å². The molecule has 0 aliphatic heterocycles. The Morgan fingerprint density at radius 2 is 1.80 bits per heavy atom. The molecule has 1 aromatic rings. The fraction of sp³-hybridized carbons (Fsp3) is 0.500. The minimum absolute atomic E-state index is 0.238. The van der Waals surface area contributed by atoms with Crippen LogP contribution in [0, 0.1) is 0 Å². The lowest BCUT2D eigenvalue weighted by Crippen LogP contribution is -2.22. The molecule has 1 rings (SSSR count). The van der Waals surface area contributed by atoms with Gasteiger partial charge in [0.15, 0.2) is 0 Å². The fourth-order valence-corrected chi connectivity index (χ4v) is 1.98. The van der Waals surface area contributed by atoms with Gasteiger partial charge in [-0.25, -0.2) is 4.79 Å². The van der Waals surface area contributed by atoms with E-state index in [0.717, 1.165) is 31.3 Å². The molecular formula is C18H26O2. The Morgan fingerprint density at radius 1 is 1.15 bits per heavy atom. The van der Waals surface area contributed by atoms with Crippen molar-refractivity contribution in [2.75, 3.05) is 0 Å². The smallest absolute Gasteiger partial charge is 0.331 e. The summed E-state index contributed by atoms with van der Waals surface area (Å²) in [5.74, 6) is -0.238. The van der Waals surface area contributed by atoms with Crippen LogP contribution < -0.4 is 0 Å². The number of aryl methyl sites for hydroxylation is 1. The molecule has 0 aliphatic rings. The van der Waals surface area contributed by atoms with Crippen molar-refractivity contribution in [2.45, 2.75) is 59.0 Å². The zero-order chi connectivity index (χ0) is 15.0. The topological polar surface area (TPSA) is 26.3 Å². The van der Waals surface area contributed by atoms with Crippen LogP contribution in [0.5, 0.6) is 0 Å². The van der Waals surface area contributed by atoms with Gasteiger partial charge in [-0.15, -0.1) is 0 Å². The molecular weight excluding hydrogens is 248 g/mol. The first-order chi connectivity index (χ1) is 9.37. The third-order valence-electron chi connectivity index (χ3n) is 2.90. The van der Waals surface area contributed by atoms with Crippen molar-refractivity contribution in [1.82, 2.24) is 0 Å². The van der Waals surface area contributed by atoms with Gasteiger partial charge in [0.2, 0.25) is 0 Å². The van der Waals surface area contributed by atoms with Crippen molar-refractivity contribution in [3.63, 3.8) is 0 Å². The van der Waals surface area contributed by atoms with Gasteiger partial charge in [0, 0.05) is 6.08 Å². The summed E-state index contributed by atoms with van der Waals surface area (Å²) in [7, 11) is 0. The Hall–Kier alpha value is -1.57. The standard InChI is InChI=1S/C18H26O2/c1-15(14-17(19)20-18(2,3)4)10-8-9-13-16-11-6-5-7-12-16/h5-7,11-12,14H,8-10,13H2,1-4H3/b15-14+. The zero-order valence-corrected chi connectivity index (χ0v) is 13.1. The molecule has 0 spiro atoms. The summed E-state index contributed by atoms with van der Waals surface area (Å²) < 4.78 is 5.27. The van der Waals surface area contributed by atoms with Gasteiger partial charge in [-0.05, 0) is 58.9 Å². The van der Waals surface area contributed by atoms with Crippen molar-refractivity contribution >= 4 is 5.97 Å². The van der Waals surface area contributed by atoms with Crippen LogP contribution in [0.3, 0.4) is 0 Å². The molecule has 20 heavy (non-hydrogen) atoms. The molecule has 0 aromatic heterocycles. The first kappa shape index (κ1) is 16.5. The average molecular weight is 274 g/mol. The Kier molecular flexibility index (Phi) is 6.50. The molecule has 0 aliphatic carbocycles. The van der Waals surface area contributed by atoms with Crippen molar-refractivity contribution in [2.24, 2.45) is 0 Å². The average Bonchev–Trinajstić information content (AvgIpc) is 2.33. The summed E-state index contributed by atoms with van der Waals surface area (Å²) in [5.41, 5.74) is 2.05. The maximum atomic E-state index is 11.6. The molecule has 0 heterocycles. The molecule has 110 valence electrons. The summed E-state index contributed by atoms with van der Waals surface area (Å²) in [6, 6.07) is 10.5. The third kappa shape index (κ3) is 7.78. The third-order valence-corrected chi connectivity index (χ3v) is 2.90. The van der Waals surface area contributed by atoms with E-state index in [1.165, 1.54) is 5.56 Å². The Balaban J connectivity index is 2.26. The monoisotopic (exact) mass is 274 g/mol. The molecule has 0 radical (unpaired) electrons. The van der Waals surface area contributed by atoms with Gasteiger partial charge < -0.3 is 4.74 Å². The van der Waals surface area contributed by atoms with Gasteiger partial charge in [0.1, 0.15) is 5.60 Å². The minimum atomic E-state index is -0.416. The quantitative estimate of drug-likeness (QED) is 0.427. The van der Waals surface area contributed by atoms with Crippen molar-refractivity contribution < 1.29 is 9.53 Å². The minimum Gasteiger partial charge on any atom is -0.457 e. The largest absolute Gasteiger partial charge is 0.457 e. The summed E-state index contributed by atoms with van der Waals surface area (Å²) in [4.78, 5) is 11.6. The fourth-order valence-electron chi connectivity index (χ4n) is 1.98. The molecule has 0 fully saturated rings. The van der Waals surface area contributed by atoms with Crippen molar-refractivity contribution in [3.8, 4) is 0 Å². The number of allylic oxidation sites excluding steroid dienone is 1. The van der Waals surface area contributed by atoms with Gasteiger partial charge in [0.05, 0.1) is 0 Å². The van der Waals surface area contributed by atoms with Crippen LogP contribution in [0.1, 0.15) is 52.5 Å². The lowest BCUT2D eigenvalue weighted by atomic mass is 10.0. The van der Waals surface area contributed by atoms with E-state index in [2.05, 4.69) is 24.3 Å². The van der Waals surface area contributed by atoms with E-state index in [1.807, 2.05) is 33.8 Å². The second-order valence-electron chi connectivity index (χ2n) is 6.22. The normalized spacial score (nSPS) is 12.3. The predicted octanol–water partition coefficient (Wildman–Crippen LogP) is 4.69. The van der Waals surface area contributed by atoms with E-state index in [0.29, 0.717) is 0 Å². The summed E-state index contributed by atoms with van der Waals surface area (Å²) >= 11 is 0. The summed E-state index contributed by atoms with van der Waals surface area (Å²) in [6.45, 7) is 7.64. The van der Waals surface area contributed by atoms with E-state index in [4.69, 9.17) is 4.74 Å². The molecule has 1 aromatic carbocycles. The molecule has 2 heteroatoms. The summed E-state index contributed by atoms with van der Waals surface area (Å²) in [6.07, 6.45) is 5.91. The molecule has 0 saturated carbocycles. The van der Waals surface area contributed by atoms with Crippen LogP contribution in [0.25, 0.3) is 0 Å².